The van der Waals surface area contributed by atoms with E-state index in [0.29, 0.717) is 19.5 Å². The molecule has 1 aromatic heterocycles. The number of aromatic amines is 1. The van der Waals surface area contributed by atoms with E-state index in [2.05, 4.69) is 41.6 Å². The maximum absolute atomic E-state index is 12.4. The van der Waals surface area contributed by atoms with E-state index in [9.17, 15) is 4.79 Å². The highest BCUT2D eigenvalue weighted by molar-refractivity contribution is 5.86. The van der Waals surface area contributed by atoms with Crippen LogP contribution in [0.15, 0.2) is 24.4 Å². The summed E-state index contributed by atoms with van der Waals surface area (Å²) in [5.74, 6) is 0.152. The summed E-state index contributed by atoms with van der Waals surface area (Å²) >= 11 is 0. The quantitative estimate of drug-likeness (QED) is 0.760. The number of hydrogen-bond acceptors (Lipinski definition) is 2. The number of fused-ring (bicyclic) bond motifs is 1. The van der Waals surface area contributed by atoms with E-state index >= 15 is 0 Å². The number of carbonyl (C=O) groups excluding carboxylic acids is 1. The molecule has 0 atom stereocenters. The molecule has 1 saturated carbocycles. The molecule has 0 aliphatic heterocycles. The lowest BCUT2D eigenvalue weighted by Crippen LogP contribution is -2.39. The fourth-order valence-electron chi connectivity index (χ4n) is 4.14. The summed E-state index contributed by atoms with van der Waals surface area (Å²) in [6.07, 6.45) is 9.38. The van der Waals surface area contributed by atoms with Crippen LogP contribution < -0.4 is 11.1 Å². The topological polar surface area (TPSA) is 70.9 Å². The highest BCUT2D eigenvalue weighted by Crippen LogP contribution is 2.38. The number of amides is 1. The zero-order valence-electron chi connectivity index (χ0n) is 14.7. The number of nitrogens with one attached hydrogen (secondary N) is 2. The zero-order chi connectivity index (χ0) is 17.0. The first kappa shape index (κ1) is 17.0. The van der Waals surface area contributed by atoms with Gasteiger partial charge in [-0.3, -0.25) is 4.79 Å². The molecular weight excluding hydrogens is 298 g/mol. The molecule has 1 aliphatic rings. The van der Waals surface area contributed by atoms with Crippen LogP contribution in [0.1, 0.15) is 49.7 Å². The third kappa shape index (κ3) is 3.64. The van der Waals surface area contributed by atoms with Gasteiger partial charge in [-0.2, -0.15) is 0 Å². The van der Waals surface area contributed by atoms with Crippen LogP contribution >= 0.6 is 0 Å². The molecular formula is C20H29N3O. The van der Waals surface area contributed by atoms with E-state index in [1.54, 1.807) is 0 Å². The van der Waals surface area contributed by atoms with Gasteiger partial charge in [0.2, 0.25) is 5.91 Å². The van der Waals surface area contributed by atoms with Crippen LogP contribution in [0.5, 0.6) is 0 Å². The van der Waals surface area contributed by atoms with Crippen LogP contribution in [0.2, 0.25) is 0 Å². The van der Waals surface area contributed by atoms with E-state index in [0.717, 1.165) is 19.3 Å². The van der Waals surface area contributed by atoms with Crippen molar-refractivity contribution >= 4 is 16.8 Å². The van der Waals surface area contributed by atoms with E-state index in [-0.39, 0.29) is 11.3 Å². The zero-order valence-corrected chi connectivity index (χ0v) is 14.7. The summed E-state index contributed by atoms with van der Waals surface area (Å²) in [4.78, 5) is 15.7. The summed E-state index contributed by atoms with van der Waals surface area (Å²) < 4.78 is 0. The van der Waals surface area contributed by atoms with Crippen molar-refractivity contribution in [2.24, 2.45) is 11.1 Å². The van der Waals surface area contributed by atoms with Gasteiger partial charge < -0.3 is 16.0 Å². The molecule has 1 heterocycles. The average molecular weight is 327 g/mol. The largest absolute Gasteiger partial charge is 0.361 e. The molecule has 1 aliphatic carbocycles. The van der Waals surface area contributed by atoms with Gasteiger partial charge >= 0.3 is 0 Å². The molecule has 0 spiro atoms. The standard InChI is InChI=1S/C20H29N3O/c1-15-6-5-7-17-19(15)16(13-23-17)8-11-22-18(24)12-20(14-21)9-3-2-4-10-20/h5-7,13,23H,2-4,8-12,14,21H2,1H3,(H,22,24). The van der Waals surface area contributed by atoms with Gasteiger partial charge in [-0.15, -0.1) is 0 Å². The smallest absolute Gasteiger partial charge is 0.220 e. The Hall–Kier alpha value is -1.81. The Bertz CT molecular complexity index is 698. The van der Waals surface area contributed by atoms with Crippen molar-refractivity contribution in [3.8, 4) is 0 Å². The first-order valence-electron chi connectivity index (χ1n) is 9.16. The SMILES string of the molecule is Cc1cccc2[nH]cc(CCNC(=O)CC3(CN)CCCCC3)c12. The number of hydrogen-bond donors (Lipinski definition) is 3. The predicted molar refractivity (Wildman–Crippen MR) is 98.9 cm³/mol. The second-order valence-electron chi connectivity index (χ2n) is 7.35. The number of aromatic nitrogens is 1. The third-order valence-corrected chi connectivity index (χ3v) is 5.60. The van der Waals surface area contributed by atoms with E-state index < -0.39 is 0 Å². The summed E-state index contributed by atoms with van der Waals surface area (Å²) in [7, 11) is 0. The molecule has 4 nitrogen and oxygen atoms in total. The van der Waals surface area contributed by atoms with Crippen molar-refractivity contribution in [1.29, 1.82) is 0 Å². The Morgan fingerprint density at radius 3 is 2.83 bits per heavy atom. The Kier molecular flexibility index (Phi) is 5.24. The number of H-pyrrole nitrogens is 1. The molecule has 0 unspecified atom stereocenters. The van der Waals surface area contributed by atoms with Gasteiger partial charge in [-0.25, -0.2) is 0 Å². The van der Waals surface area contributed by atoms with E-state index in [1.165, 1.54) is 41.3 Å². The van der Waals surface area contributed by atoms with Crippen LogP contribution in [0.4, 0.5) is 0 Å². The van der Waals surface area contributed by atoms with Crippen molar-refractivity contribution in [3.05, 3.63) is 35.5 Å². The summed E-state index contributed by atoms with van der Waals surface area (Å²) in [6, 6.07) is 6.29. The Morgan fingerprint density at radius 2 is 2.08 bits per heavy atom. The number of rotatable bonds is 6. The van der Waals surface area contributed by atoms with Gasteiger partial charge in [-0.1, -0.05) is 31.4 Å². The van der Waals surface area contributed by atoms with Crippen molar-refractivity contribution < 1.29 is 4.79 Å². The van der Waals surface area contributed by atoms with Crippen molar-refractivity contribution in [2.75, 3.05) is 13.1 Å². The van der Waals surface area contributed by atoms with Crippen molar-refractivity contribution in [2.45, 2.75) is 51.9 Å². The number of aryl methyl sites for hydroxylation is 1. The van der Waals surface area contributed by atoms with Crippen molar-refractivity contribution in [1.82, 2.24) is 10.3 Å². The minimum Gasteiger partial charge on any atom is -0.361 e. The second kappa shape index (κ2) is 7.39. The lowest BCUT2D eigenvalue weighted by molar-refractivity contribution is -0.123. The predicted octanol–water partition coefficient (Wildman–Crippen LogP) is 3.43. The van der Waals surface area contributed by atoms with Gasteiger partial charge in [0.05, 0.1) is 0 Å². The Balaban J connectivity index is 1.55. The minimum atomic E-state index is 0.0414. The fourth-order valence-corrected chi connectivity index (χ4v) is 4.14. The molecule has 0 bridgehead atoms. The van der Waals surface area contributed by atoms with Gasteiger partial charge in [0.15, 0.2) is 0 Å². The lowest BCUT2D eigenvalue weighted by atomic mass is 9.71. The molecule has 2 aromatic rings. The molecule has 4 heteroatoms. The van der Waals surface area contributed by atoms with E-state index in [4.69, 9.17) is 5.73 Å². The van der Waals surface area contributed by atoms with Gasteiger partial charge in [-0.05, 0) is 55.3 Å². The summed E-state index contributed by atoms with van der Waals surface area (Å²) in [6.45, 7) is 3.44. The molecule has 0 radical (unpaired) electrons. The number of nitrogens with two attached hydrogens (primary N) is 1. The third-order valence-electron chi connectivity index (χ3n) is 5.60. The fraction of sp³-hybridized carbons (Fsp3) is 0.550. The van der Waals surface area contributed by atoms with Crippen LogP contribution in [-0.4, -0.2) is 24.0 Å². The maximum Gasteiger partial charge on any atom is 0.220 e. The first-order chi connectivity index (χ1) is 11.6. The maximum atomic E-state index is 12.4. The molecule has 4 N–H and O–H groups in total. The molecule has 1 aromatic carbocycles. The second-order valence-corrected chi connectivity index (χ2v) is 7.35. The summed E-state index contributed by atoms with van der Waals surface area (Å²) in [5.41, 5.74) is 9.75. The van der Waals surface area contributed by atoms with Crippen LogP contribution in [0.3, 0.4) is 0 Å². The number of benzene rings is 1. The van der Waals surface area contributed by atoms with Gasteiger partial charge in [0.1, 0.15) is 0 Å². The lowest BCUT2D eigenvalue weighted by Gasteiger charge is -2.35. The first-order valence-corrected chi connectivity index (χ1v) is 9.16. The van der Waals surface area contributed by atoms with Crippen molar-refractivity contribution in [3.63, 3.8) is 0 Å². The molecule has 1 amide bonds. The normalized spacial score (nSPS) is 17.1. The molecule has 24 heavy (non-hydrogen) atoms. The monoisotopic (exact) mass is 327 g/mol. The Labute approximate surface area is 144 Å². The highest BCUT2D eigenvalue weighted by atomic mass is 16.1. The average Bonchev–Trinajstić information content (AvgIpc) is 3.00. The van der Waals surface area contributed by atoms with E-state index in [1.807, 2.05) is 0 Å². The number of carbonyl (C=O) groups is 1. The van der Waals surface area contributed by atoms with Gasteiger partial charge in [0, 0.05) is 30.1 Å². The van der Waals surface area contributed by atoms with Gasteiger partial charge in [0.25, 0.3) is 0 Å². The Morgan fingerprint density at radius 1 is 1.29 bits per heavy atom. The van der Waals surface area contributed by atoms with Crippen LogP contribution in [-0.2, 0) is 11.2 Å². The van der Waals surface area contributed by atoms with Crippen LogP contribution in [0, 0.1) is 12.3 Å². The van der Waals surface area contributed by atoms with Crippen LogP contribution in [0.25, 0.3) is 10.9 Å². The molecule has 3 rings (SSSR count). The molecule has 0 saturated heterocycles. The molecule has 130 valence electrons. The highest BCUT2D eigenvalue weighted by Gasteiger charge is 2.32. The minimum absolute atomic E-state index is 0.0414. The molecule has 1 fully saturated rings. The summed E-state index contributed by atoms with van der Waals surface area (Å²) in [5, 5.41) is 4.39.